The summed E-state index contributed by atoms with van der Waals surface area (Å²) in [6.45, 7) is 3.64. The number of thiazole rings is 1. The number of aromatic carboxylic acids is 1. The lowest BCUT2D eigenvalue weighted by molar-refractivity contribution is -0.115. The summed E-state index contributed by atoms with van der Waals surface area (Å²) in [7, 11) is 0. The Bertz CT molecular complexity index is 785. The number of amides is 1. The normalized spacial score (nSPS) is 10.2. The van der Waals surface area contributed by atoms with Gasteiger partial charge in [0.2, 0.25) is 5.91 Å². The summed E-state index contributed by atoms with van der Waals surface area (Å²) in [5.74, 6) is -2.04. The van der Waals surface area contributed by atoms with E-state index in [9.17, 15) is 14.4 Å². The number of carbonyl (C=O) groups is 3. The van der Waals surface area contributed by atoms with Gasteiger partial charge in [-0.1, -0.05) is 18.2 Å². The fourth-order valence-corrected chi connectivity index (χ4v) is 2.88. The summed E-state index contributed by atoms with van der Waals surface area (Å²) in [4.78, 5) is 39.7. The van der Waals surface area contributed by atoms with E-state index < -0.39 is 17.8 Å². The summed E-state index contributed by atoms with van der Waals surface area (Å²) in [5, 5.41) is 12.0. The summed E-state index contributed by atoms with van der Waals surface area (Å²) in [6.07, 6.45) is -0.101. The second kappa shape index (κ2) is 7.69. The molecule has 24 heavy (non-hydrogen) atoms. The Balaban J connectivity index is 2.10. The average Bonchev–Trinajstić information content (AvgIpc) is 2.88. The van der Waals surface area contributed by atoms with Crippen LogP contribution in [0, 0.1) is 6.92 Å². The molecular weight excluding hydrogens is 332 g/mol. The summed E-state index contributed by atoms with van der Waals surface area (Å²) >= 11 is 1.16. The number of carbonyl (C=O) groups excluding carboxylic acids is 2. The van der Waals surface area contributed by atoms with Gasteiger partial charge < -0.3 is 15.2 Å². The lowest BCUT2D eigenvalue weighted by Gasteiger charge is -2.05. The monoisotopic (exact) mass is 348 g/mol. The third-order valence-electron chi connectivity index (χ3n) is 3.11. The lowest BCUT2D eigenvalue weighted by Crippen LogP contribution is -2.16. The molecule has 0 aliphatic heterocycles. The molecule has 0 saturated heterocycles. The quantitative estimate of drug-likeness (QED) is 0.777. The van der Waals surface area contributed by atoms with Crippen molar-refractivity contribution in [1.82, 2.24) is 4.98 Å². The van der Waals surface area contributed by atoms with E-state index in [4.69, 9.17) is 9.84 Å². The SMILES string of the molecule is CCOC(=O)c1nc(NC(=O)Cc2ccccc2C(=O)O)sc1C. The second-order valence-electron chi connectivity index (χ2n) is 4.83. The van der Waals surface area contributed by atoms with Gasteiger partial charge >= 0.3 is 11.9 Å². The van der Waals surface area contributed by atoms with Crippen LogP contribution in [0.1, 0.15) is 38.2 Å². The van der Waals surface area contributed by atoms with Gasteiger partial charge in [0, 0.05) is 4.88 Å². The van der Waals surface area contributed by atoms with Gasteiger partial charge in [-0.3, -0.25) is 4.79 Å². The molecule has 2 rings (SSSR count). The van der Waals surface area contributed by atoms with Crippen LogP contribution in [-0.4, -0.2) is 34.5 Å². The van der Waals surface area contributed by atoms with Crippen LogP contribution in [0.5, 0.6) is 0 Å². The standard InChI is InChI=1S/C16H16N2O5S/c1-3-23-15(22)13-9(2)24-16(18-13)17-12(19)8-10-6-4-5-7-11(10)14(20)21/h4-7H,3,8H2,1-2H3,(H,20,21)(H,17,18,19). The van der Waals surface area contributed by atoms with Crippen molar-refractivity contribution in [2.75, 3.05) is 11.9 Å². The van der Waals surface area contributed by atoms with Crippen molar-refractivity contribution in [2.24, 2.45) is 0 Å². The zero-order valence-electron chi connectivity index (χ0n) is 13.2. The van der Waals surface area contributed by atoms with Crippen LogP contribution in [0.15, 0.2) is 24.3 Å². The molecule has 1 heterocycles. The molecule has 0 saturated carbocycles. The molecule has 2 N–H and O–H groups in total. The number of ether oxygens (including phenoxy) is 1. The molecule has 8 heteroatoms. The Morgan fingerprint density at radius 3 is 2.67 bits per heavy atom. The smallest absolute Gasteiger partial charge is 0.358 e. The maximum atomic E-state index is 12.1. The van der Waals surface area contributed by atoms with E-state index in [0.717, 1.165) is 11.3 Å². The van der Waals surface area contributed by atoms with Crippen LogP contribution in [0.25, 0.3) is 0 Å². The number of hydrogen-bond donors (Lipinski definition) is 2. The molecule has 1 amide bonds. The predicted molar refractivity (Wildman–Crippen MR) is 88.5 cm³/mol. The maximum Gasteiger partial charge on any atom is 0.358 e. The number of nitrogens with zero attached hydrogens (tertiary/aromatic N) is 1. The topological polar surface area (TPSA) is 106 Å². The van der Waals surface area contributed by atoms with Gasteiger partial charge in [-0.2, -0.15) is 0 Å². The fourth-order valence-electron chi connectivity index (χ4n) is 2.06. The summed E-state index contributed by atoms with van der Waals surface area (Å²) in [5.41, 5.74) is 0.652. The van der Waals surface area contributed by atoms with Crippen LogP contribution < -0.4 is 5.32 Å². The Morgan fingerprint density at radius 2 is 2.00 bits per heavy atom. The molecule has 0 fully saturated rings. The van der Waals surface area contributed by atoms with Gasteiger partial charge in [-0.05, 0) is 25.5 Å². The third kappa shape index (κ3) is 4.17. The molecule has 1 aromatic heterocycles. The van der Waals surface area contributed by atoms with E-state index in [-0.39, 0.29) is 29.4 Å². The highest BCUT2D eigenvalue weighted by molar-refractivity contribution is 7.16. The predicted octanol–water partition coefficient (Wildman–Crippen LogP) is 2.51. The average molecular weight is 348 g/mol. The Morgan fingerprint density at radius 1 is 1.29 bits per heavy atom. The Hall–Kier alpha value is -2.74. The van der Waals surface area contributed by atoms with Crippen molar-refractivity contribution in [3.05, 3.63) is 46.0 Å². The third-order valence-corrected chi connectivity index (χ3v) is 4.00. The van der Waals surface area contributed by atoms with E-state index in [1.165, 1.54) is 6.07 Å². The zero-order valence-corrected chi connectivity index (χ0v) is 14.0. The van der Waals surface area contributed by atoms with Crippen LogP contribution in [0.2, 0.25) is 0 Å². The minimum Gasteiger partial charge on any atom is -0.478 e. The van der Waals surface area contributed by atoms with Crippen molar-refractivity contribution in [2.45, 2.75) is 20.3 Å². The van der Waals surface area contributed by atoms with Crippen LogP contribution in [0.3, 0.4) is 0 Å². The number of rotatable bonds is 6. The minimum atomic E-state index is -1.09. The first-order chi connectivity index (χ1) is 11.4. The number of hydrogen-bond acceptors (Lipinski definition) is 6. The van der Waals surface area contributed by atoms with E-state index >= 15 is 0 Å². The van der Waals surface area contributed by atoms with Gasteiger partial charge in [0.25, 0.3) is 0 Å². The lowest BCUT2D eigenvalue weighted by atomic mass is 10.0. The summed E-state index contributed by atoms with van der Waals surface area (Å²) in [6, 6.07) is 6.29. The number of aryl methyl sites for hydroxylation is 1. The second-order valence-corrected chi connectivity index (χ2v) is 6.03. The number of nitrogens with one attached hydrogen (secondary N) is 1. The van der Waals surface area contributed by atoms with E-state index in [2.05, 4.69) is 10.3 Å². The van der Waals surface area contributed by atoms with Gasteiger partial charge in [-0.25, -0.2) is 14.6 Å². The first-order valence-electron chi connectivity index (χ1n) is 7.18. The molecule has 0 aliphatic carbocycles. The van der Waals surface area contributed by atoms with E-state index in [0.29, 0.717) is 10.4 Å². The van der Waals surface area contributed by atoms with Crippen LogP contribution in [0.4, 0.5) is 5.13 Å². The number of carboxylic acid groups (broad SMARTS) is 1. The van der Waals surface area contributed by atoms with Crippen LogP contribution in [-0.2, 0) is 16.0 Å². The number of esters is 1. The first-order valence-corrected chi connectivity index (χ1v) is 7.99. The highest BCUT2D eigenvalue weighted by Crippen LogP contribution is 2.23. The zero-order chi connectivity index (χ0) is 17.7. The molecular formula is C16H16N2O5S. The molecule has 7 nitrogen and oxygen atoms in total. The van der Waals surface area contributed by atoms with Crippen LogP contribution >= 0.6 is 11.3 Å². The molecule has 0 radical (unpaired) electrons. The number of aromatic nitrogens is 1. The van der Waals surface area contributed by atoms with Gasteiger partial charge in [0.05, 0.1) is 18.6 Å². The van der Waals surface area contributed by atoms with Gasteiger partial charge in [0.1, 0.15) is 0 Å². The van der Waals surface area contributed by atoms with Crippen molar-refractivity contribution < 1.29 is 24.2 Å². The molecule has 0 aliphatic rings. The van der Waals surface area contributed by atoms with Crippen molar-refractivity contribution in [1.29, 1.82) is 0 Å². The fraction of sp³-hybridized carbons (Fsp3) is 0.250. The summed E-state index contributed by atoms with van der Waals surface area (Å²) < 4.78 is 4.89. The Labute approximate surface area is 142 Å². The van der Waals surface area contributed by atoms with Crippen molar-refractivity contribution >= 4 is 34.3 Å². The highest BCUT2D eigenvalue weighted by Gasteiger charge is 2.18. The largest absolute Gasteiger partial charge is 0.478 e. The van der Waals surface area contributed by atoms with E-state index in [1.807, 2.05) is 0 Å². The number of carboxylic acids is 1. The molecule has 0 unspecified atom stereocenters. The van der Waals surface area contributed by atoms with E-state index in [1.54, 1.807) is 32.0 Å². The molecule has 0 spiro atoms. The first kappa shape index (κ1) is 17.6. The Kier molecular flexibility index (Phi) is 5.64. The highest BCUT2D eigenvalue weighted by atomic mass is 32.1. The van der Waals surface area contributed by atoms with Gasteiger partial charge in [-0.15, -0.1) is 11.3 Å². The number of benzene rings is 1. The maximum absolute atomic E-state index is 12.1. The van der Waals surface area contributed by atoms with Crippen molar-refractivity contribution in [3.63, 3.8) is 0 Å². The molecule has 0 bridgehead atoms. The minimum absolute atomic E-state index is 0.0789. The molecule has 2 aromatic rings. The van der Waals surface area contributed by atoms with Crippen molar-refractivity contribution in [3.8, 4) is 0 Å². The number of anilines is 1. The van der Waals surface area contributed by atoms with Gasteiger partial charge in [0.15, 0.2) is 10.8 Å². The molecule has 126 valence electrons. The molecule has 1 aromatic carbocycles. The molecule has 0 atom stereocenters.